The first-order valence-corrected chi connectivity index (χ1v) is 12.4. The Morgan fingerprint density at radius 3 is 2.53 bits per heavy atom. The Labute approximate surface area is 196 Å². The normalized spacial score (nSPS) is 11.5. The molecular weight excluding hydrogens is 496 g/mol. The summed E-state index contributed by atoms with van der Waals surface area (Å²) in [7, 11) is -3.71. The molecular formula is C23H25BrN2O5S. The van der Waals surface area contributed by atoms with Crippen LogP contribution in [0.3, 0.4) is 0 Å². The molecule has 0 spiro atoms. The molecule has 0 aliphatic rings. The maximum absolute atomic E-state index is 12.8. The third-order valence-corrected chi connectivity index (χ3v) is 6.49. The Bertz CT molecular complexity index is 1140. The molecule has 0 aliphatic heterocycles. The fourth-order valence-corrected chi connectivity index (χ4v) is 4.14. The van der Waals surface area contributed by atoms with Crippen LogP contribution in [0.2, 0.25) is 0 Å². The number of amides is 1. The van der Waals surface area contributed by atoms with Gasteiger partial charge in [-0.15, -0.1) is 0 Å². The van der Waals surface area contributed by atoms with Gasteiger partial charge in [0.1, 0.15) is 11.5 Å². The first kappa shape index (κ1) is 24.0. The van der Waals surface area contributed by atoms with Gasteiger partial charge in [0.25, 0.3) is 5.91 Å². The molecule has 1 aromatic heterocycles. The number of rotatable bonds is 10. The molecule has 170 valence electrons. The van der Waals surface area contributed by atoms with E-state index in [1.54, 1.807) is 24.3 Å². The van der Waals surface area contributed by atoms with Gasteiger partial charge in [0.2, 0.25) is 10.0 Å². The van der Waals surface area contributed by atoms with Crippen LogP contribution in [-0.4, -0.2) is 20.9 Å². The molecule has 0 saturated heterocycles. The van der Waals surface area contributed by atoms with Crippen LogP contribution in [0.25, 0.3) is 0 Å². The number of carbonyl (C=O) groups is 1. The predicted molar refractivity (Wildman–Crippen MR) is 126 cm³/mol. The van der Waals surface area contributed by atoms with Crippen molar-refractivity contribution >= 4 is 37.5 Å². The maximum Gasteiger partial charge on any atom is 0.259 e. The summed E-state index contributed by atoms with van der Waals surface area (Å²) in [4.78, 5) is 12.9. The monoisotopic (exact) mass is 520 g/mol. The summed E-state index contributed by atoms with van der Waals surface area (Å²) < 4.78 is 39.1. The van der Waals surface area contributed by atoms with Gasteiger partial charge < -0.3 is 14.5 Å². The summed E-state index contributed by atoms with van der Waals surface area (Å²) in [6.45, 7) is 4.78. The lowest BCUT2D eigenvalue weighted by Gasteiger charge is -2.13. The van der Waals surface area contributed by atoms with E-state index in [9.17, 15) is 13.2 Å². The van der Waals surface area contributed by atoms with Crippen molar-refractivity contribution in [1.29, 1.82) is 0 Å². The summed E-state index contributed by atoms with van der Waals surface area (Å²) in [5.74, 6) is 1.15. The van der Waals surface area contributed by atoms with Crippen LogP contribution in [0.4, 0.5) is 5.69 Å². The molecule has 1 amide bonds. The molecule has 32 heavy (non-hydrogen) atoms. The van der Waals surface area contributed by atoms with Gasteiger partial charge in [-0.05, 0) is 66.9 Å². The molecule has 2 N–H and O–H groups in total. The Morgan fingerprint density at radius 2 is 1.88 bits per heavy atom. The van der Waals surface area contributed by atoms with Gasteiger partial charge in [-0.25, -0.2) is 13.1 Å². The zero-order chi connectivity index (χ0) is 23.1. The van der Waals surface area contributed by atoms with E-state index in [1.165, 1.54) is 30.5 Å². The van der Waals surface area contributed by atoms with Crippen LogP contribution >= 0.6 is 15.9 Å². The largest absolute Gasteiger partial charge is 0.493 e. The molecule has 0 fully saturated rings. The molecule has 7 nitrogen and oxygen atoms in total. The predicted octanol–water partition coefficient (Wildman–Crippen LogP) is 5.20. The smallest absolute Gasteiger partial charge is 0.259 e. The Morgan fingerprint density at radius 1 is 1.12 bits per heavy atom. The molecule has 0 aliphatic carbocycles. The number of carbonyl (C=O) groups excluding carboxylic acids is 1. The third-order valence-electron chi connectivity index (χ3n) is 4.58. The number of hydrogen-bond acceptors (Lipinski definition) is 5. The van der Waals surface area contributed by atoms with Gasteiger partial charge in [-0.2, -0.15) is 0 Å². The average molecular weight is 521 g/mol. The van der Waals surface area contributed by atoms with E-state index >= 15 is 0 Å². The van der Waals surface area contributed by atoms with Crippen LogP contribution in [0.5, 0.6) is 5.75 Å². The number of anilines is 1. The van der Waals surface area contributed by atoms with Crippen LogP contribution in [-0.2, 0) is 16.6 Å². The summed E-state index contributed by atoms with van der Waals surface area (Å²) in [5, 5.41) is 2.79. The molecule has 0 saturated carbocycles. The number of halogens is 1. The lowest BCUT2D eigenvalue weighted by atomic mass is 10.1. The zero-order valence-electron chi connectivity index (χ0n) is 17.8. The highest BCUT2D eigenvalue weighted by Gasteiger charge is 2.17. The van der Waals surface area contributed by atoms with Crippen molar-refractivity contribution in [3.63, 3.8) is 0 Å². The van der Waals surface area contributed by atoms with E-state index in [-0.39, 0.29) is 17.3 Å². The number of furan rings is 1. The molecule has 0 unspecified atom stereocenters. The molecule has 2 aromatic carbocycles. The van der Waals surface area contributed by atoms with Crippen LogP contribution < -0.4 is 14.8 Å². The molecule has 0 radical (unpaired) electrons. The van der Waals surface area contributed by atoms with E-state index in [4.69, 9.17) is 9.15 Å². The van der Waals surface area contributed by atoms with Crippen molar-refractivity contribution in [3.05, 3.63) is 76.7 Å². The summed E-state index contributed by atoms with van der Waals surface area (Å²) in [5.41, 5.74) is 0.855. The second-order valence-electron chi connectivity index (χ2n) is 7.55. The SMILES string of the molecule is CC(C)CCOc1ccc(Br)cc1C(=O)Nc1ccc(S(=O)(=O)NCc2ccco2)cc1. The van der Waals surface area contributed by atoms with Gasteiger partial charge in [0.15, 0.2) is 0 Å². The van der Waals surface area contributed by atoms with Gasteiger partial charge in [-0.1, -0.05) is 29.8 Å². The fraction of sp³-hybridized carbons (Fsp3) is 0.261. The van der Waals surface area contributed by atoms with Crippen molar-refractivity contribution in [3.8, 4) is 5.75 Å². The fourth-order valence-electron chi connectivity index (χ4n) is 2.79. The average Bonchev–Trinajstić information content (AvgIpc) is 3.27. The highest BCUT2D eigenvalue weighted by molar-refractivity contribution is 9.10. The Hall–Kier alpha value is -2.62. The molecule has 0 atom stereocenters. The van der Waals surface area contributed by atoms with Crippen molar-refractivity contribution in [2.75, 3.05) is 11.9 Å². The number of hydrogen-bond donors (Lipinski definition) is 2. The van der Waals surface area contributed by atoms with Gasteiger partial charge in [0.05, 0.1) is 29.9 Å². The Kier molecular flexibility index (Phi) is 8.11. The lowest BCUT2D eigenvalue weighted by Crippen LogP contribution is -2.23. The number of nitrogens with one attached hydrogen (secondary N) is 2. The van der Waals surface area contributed by atoms with Crippen LogP contribution in [0, 0.1) is 5.92 Å². The van der Waals surface area contributed by atoms with Crippen molar-refractivity contribution in [1.82, 2.24) is 4.72 Å². The number of ether oxygens (including phenoxy) is 1. The van der Waals surface area contributed by atoms with E-state index < -0.39 is 10.0 Å². The highest BCUT2D eigenvalue weighted by Crippen LogP contribution is 2.25. The minimum absolute atomic E-state index is 0.0519. The minimum atomic E-state index is -3.71. The van der Waals surface area contributed by atoms with E-state index in [0.717, 1.165) is 10.9 Å². The lowest BCUT2D eigenvalue weighted by molar-refractivity contribution is 0.102. The first-order valence-electron chi connectivity index (χ1n) is 10.1. The highest BCUT2D eigenvalue weighted by atomic mass is 79.9. The number of sulfonamides is 1. The second kappa shape index (κ2) is 10.8. The van der Waals surface area contributed by atoms with E-state index in [2.05, 4.69) is 39.8 Å². The summed E-state index contributed by atoms with van der Waals surface area (Å²) in [6, 6.07) is 14.6. The molecule has 1 heterocycles. The first-order chi connectivity index (χ1) is 15.2. The minimum Gasteiger partial charge on any atom is -0.493 e. The molecule has 3 aromatic rings. The van der Waals surface area contributed by atoms with Crippen molar-refractivity contribution in [2.45, 2.75) is 31.7 Å². The van der Waals surface area contributed by atoms with Crippen molar-refractivity contribution in [2.24, 2.45) is 5.92 Å². The van der Waals surface area contributed by atoms with Gasteiger partial charge in [0, 0.05) is 10.2 Å². The quantitative estimate of drug-likeness (QED) is 0.382. The molecule has 0 bridgehead atoms. The zero-order valence-corrected chi connectivity index (χ0v) is 20.2. The van der Waals surface area contributed by atoms with Crippen molar-refractivity contribution < 1.29 is 22.4 Å². The molecule has 9 heteroatoms. The van der Waals surface area contributed by atoms with Crippen LogP contribution in [0.15, 0.2) is 74.6 Å². The van der Waals surface area contributed by atoms with E-state index in [1.807, 2.05) is 6.07 Å². The Balaban J connectivity index is 1.67. The standard InChI is InChI=1S/C23H25BrN2O5S/c1-16(2)11-13-31-22-10-5-17(24)14-21(22)23(27)26-18-6-8-20(9-7-18)32(28,29)25-15-19-4-3-12-30-19/h3-10,12,14,16,25H,11,13,15H2,1-2H3,(H,26,27). The van der Waals surface area contributed by atoms with Gasteiger partial charge in [-0.3, -0.25) is 4.79 Å². The van der Waals surface area contributed by atoms with Crippen LogP contribution in [0.1, 0.15) is 36.4 Å². The number of benzene rings is 2. The third kappa shape index (κ3) is 6.69. The summed E-state index contributed by atoms with van der Waals surface area (Å²) >= 11 is 3.39. The summed E-state index contributed by atoms with van der Waals surface area (Å²) in [6.07, 6.45) is 2.36. The topological polar surface area (TPSA) is 97.6 Å². The second-order valence-corrected chi connectivity index (χ2v) is 10.2. The molecule has 3 rings (SSSR count). The van der Waals surface area contributed by atoms with Gasteiger partial charge >= 0.3 is 0 Å². The van der Waals surface area contributed by atoms with E-state index in [0.29, 0.717) is 35.3 Å². The maximum atomic E-state index is 12.8.